The molecule has 2 rings (SSSR count). The molecule has 1 nitrogen and oxygen atoms in total. The van der Waals surface area contributed by atoms with Gasteiger partial charge in [-0.25, -0.2) is 0 Å². The Morgan fingerprint density at radius 2 is 1.81 bits per heavy atom. The lowest BCUT2D eigenvalue weighted by molar-refractivity contribution is 0.476. The van der Waals surface area contributed by atoms with Crippen molar-refractivity contribution in [3.05, 3.63) is 41.5 Å². The Kier molecular flexibility index (Phi) is 4.36. The maximum absolute atomic E-state index is 9.47. The smallest absolute Gasteiger partial charge is 0.116 e. The molecule has 0 unspecified atom stereocenters. The van der Waals surface area contributed by atoms with E-state index in [9.17, 15) is 5.11 Å². The molecular weight excluding hydrogens is 196 g/mol. The molecule has 16 heavy (non-hydrogen) atoms. The highest BCUT2D eigenvalue weighted by Crippen LogP contribution is 2.27. The van der Waals surface area contributed by atoms with Crippen molar-refractivity contribution < 1.29 is 5.11 Å². The number of aryl methyl sites for hydroxylation is 2. The van der Waals surface area contributed by atoms with Gasteiger partial charge in [-0.05, 0) is 47.4 Å². The third-order valence-corrected chi connectivity index (χ3v) is 2.63. The van der Waals surface area contributed by atoms with Gasteiger partial charge in [-0.2, -0.15) is 0 Å². The zero-order valence-corrected chi connectivity index (χ0v) is 10.5. The Hall–Kier alpha value is -1.50. The van der Waals surface area contributed by atoms with Crippen LogP contribution in [-0.4, -0.2) is 5.11 Å². The van der Waals surface area contributed by atoms with E-state index in [0.717, 1.165) is 17.4 Å². The Bertz CT molecular complexity index is 472. The number of rotatable bonds is 1. The van der Waals surface area contributed by atoms with Crippen LogP contribution in [0.5, 0.6) is 5.75 Å². The zero-order chi connectivity index (χ0) is 12.1. The molecular formula is C15H20O. The lowest BCUT2D eigenvalue weighted by Crippen LogP contribution is -1.86. The first kappa shape index (κ1) is 12.6. The average molecular weight is 216 g/mol. The van der Waals surface area contributed by atoms with Gasteiger partial charge in [0.25, 0.3) is 0 Å². The van der Waals surface area contributed by atoms with Gasteiger partial charge in [0.1, 0.15) is 5.75 Å². The molecule has 0 aliphatic rings. The van der Waals surface area contributed by atoms with E-state index >= 15 is 0 Å². The normalized spacial score (nSPS) is 9.75. The van der Waals surface area contributed by atoms with Gasteiger partial charge in [0, 0.05) is 0 Å². The molecule has 0 amide bonds. The summed E-state index contributed by atoms with van der Waals surface area (Å²) < 4.78 is 0. The van der Waals surface area contributed by atoms with Gasteiger partial charge in [-0.1, -0.05) is 39.0 Å². The summed E-state index contributed by atoms with van der Waals surface area (Å²) in [5, 5.41) is 11.9. The van der Waals surface area contributed by atoms with Crippen molar-refractivity contribution >= 4 is 10.8 Å². The van der Waals surface area contributed by atoms with Gasteiger partial charge in [-0.15, -0.1) is 0 Å². The van der Waals surface area contributed by atoms with Crippen LogP contribution >= 0.6 is 0 Å². The largest absolute Gasteiger partial charge is 0.508 e. The summed E-state index contributed by atoms with van der Waals surface area (Å²) in [5.74, 6) is 0.350. The van der Waals surface area contributed by atoms with Crippen LogP contribution in [0.4, 0.5) is 0 Å². The van der Waals surface area contributed by atoms with E-state index < -0.39 is 0 Å². The minimum atomic E-state index is 0.350. The Morgan fingerprint density at radius 1 is 1.12 bits per heavy atom. The van der Waals surface area contributed by atoms with Crippen LogP contribution in [0.3, 0.4) is 0 Å². The highest BCUT2D eigenvalue weighted by Gasteiger charge is 2.03. The average Bonchev–Trinajstić information content (AvgIpc) is 2.30. The molecule has 0 heterocycles. The second-order valence-corrected chi connectivity index (χ2v) is 3.63. The SMILES string of the molecule is CC.CCc1cccc2cc(O)cc(C)c12. The van der Waals surface area contributed by atoms with Crippen LogP contribution in [0.15, 0.2) is 30.3 Å². The van der Waals surface area contributed by atoms with Crippen molar-refractivity contribution in [2.45, 2.75) is 34.1 Å². The Balaban J connectivity index is 0.000000606. The number of hydrogen-bond donors (Lipinski definition) is 1. The van der Waals surface area contributed by atoms with Crippen LogP contribution < -0.4 is 0 Å². The fourth-order valence-electron chi connectivity index (χ4n) is 2.01. The minimum Gasteiger partial charge on any atom is -0.508 e. The van der Waals surface area contributed by atoms with Crippen LogP contribution in [-0.2, 0) is 6.42 Å². The fourth-order valence-corrected chi connectivity index (χ4v) is 2.01. The molecule has 0 atom stereocenters. The fraction of sp³-hybridized carbons (Fsp3) is 0.333. The van der Waals surface area contributed by atoms with E-state index in [0.29, 0.717) is 5.75 Å². The second-order valence-electron chi connectivity index (χ2n) is 3.63. The number of aromatic hydroxyl groups is 1. The predicted octanol–water partition coefficient (Wildman–Crippen LogP) is 4.44. The van der Waals surface area contributed by atoms with Gasteiger partial charge < -0.3 is 5.11 Å². The Morgan fingerprint density at radius 3 is 2.44 bits per heavy atom. The molecule has 0 saturated heterocycles. The van der Waals surface area contributed by atoms with Crippen LogP contribution in [0.25, 0.3) is 10.8 Å². The lowest BCUT2D eigenvalue weighted by Gasteiger charge is -2.08. The molecule has 1 N–H and O–H groups in total. The number of phenols is 1. The topological polar surface area (TPSA) is 20.2 Å². The molecule has 2 aromatic rings. The minimum absolute atomic E-state index is 0.350. The number of hydrogen-bond acceptors (Lipinski definition) is 1. The van der Waals surface area contributed by atoms with Crippen molar-refractivity contribution in [2.75, 3.05) is 0 Å². The summed E-state index contributed by atoms with van der Waals surface area (Å²) in [6.45, 7) is 8.20. The lowest BCUT2D eigenvalue weighted by atomic mass is 9.98. The van der Waals surface area contributed by atoms with Crippen LogP contribution in [0.1, 0.15) is 31.9 Å². The van der Waals surface area contributed by atoms with E-state index in [1.165, 1.54) is 10.9 Å². The number of phenolic OH excluding ortho intramolecular Hbond substituents is 1. The summed E-state index contributed by atoms with van der Waals surface area (Å²) >= 11 is 0. The monoisotopic (exact) mass is 216 g/mol. The standard InChI is InChI=1S/C13H14O.C2H6/c1-3-10-5-4-6-11-8-12(14)7-9(2)13(10)11;1-2/h4-8,14H,3H2,1-2H3;1-2H3. The first-order valence-corrected chi connectivity index (χ1v) is 5.93. The molecule has 0 radical (unpaired) electrons. The molecule has 0 aliphatic carbocycles. The molecule has 0 aromatic heterocycles. The highest BCUT2D eigenvalue weighted by molar-refractivity contribution is 5.89. The molecule has 86 valence electrons. The molecule has 0 fully saturated rings. The maximum atomic E-state index is 9.47. The molecule has 0 aliphatic heterocycles. The zero-order valence-electron chi connectivity index (χ0n) is 10.5. The van der Waals surface area contributed by atoms with Gasteiger partial charge in [0.15, 0.2) is 0 Å². The van der Waals surface area contributed by atoms with Crippen LogP contribution in [0.2, 0.25) is 0 Å². The van der Waals surface area contributed by atoms with Crippen molar-refractivity contribution in [3.63, 3.8) is 0 Å². The Labute approximate surface area is 97.7 Å². The summed E-state index contributed by atoms with van der Waals surface area (Å²) in [6.07, 6.45) is 1.03. The molecule has 0 spiro atoms. The van der Waals surface area contributed by atoms with Gasteiger partial charge in [0.05, 0.1) is 0 Å². The van der Waals surface area contributed by atoms with E-state index in [1.54, 1.807) is 0 Å². The van der Waals surface area contributed by atoms with Crippen molar-refractivity contribution in [1.82, 2.24) is 0 Å². The van der Waals surface area contributed by atoms with E-state index in [-0.39, 0.29) is 0 Å². The number of benzene rings is 2. The van der Waals surface area contributed by atoms with Gasteiger partial charge in [-0.3, -0.25) is 0 Å². The molecule has 2 aromatic carbocycles. The van der Waals surface area contributed by atoms with Crippen molar-refractivity contribution in [3.8, 4) is 5.75 Å². The summed E-state index contributed by atoms with van der Waals surface area (Å²) in [4.78, 5) is 0. The quantitative estimate of drug-likeness (QED) is 0.747. The number of fused-ring (bicyclic) bond motifs is 1. The highest BCUT2D eigenvalue weighted by atomic mass is 16.3. The second kappa shape index (κ2) is 5.55. The van der Waals surface area contributed by atoms with Crippen molar-refractivity contribution in [1.29, 1.82) is 0 Å². The van der Waals surface area contributed by atoms with E-state index in [1.807, 2.05) is 45.0 Å². The third-order valence-electron chi connectivity index (χ3n) is 2.63. The molecule has 0 saturated carbocycles. The molecule has 0 bridgehead atoms. The molecule has 1 heteroatoms. The first-order chi connectivity index (χ1) is 7.72. The van der Waals surface area contributed by atoms with Gasteiger partial charge in [0.2, 0.25) is 0 Å². The first-order valence-electron chi connectivity index (χ1n) is 5.93. The summed E-state index contributed by atoms with van der Waals surface area (Å²) in [7, 11) is 0. The predicted molar refractivity (Wildman–Crippen MR) is 71.1 cm³/mol. The summed E-state index contributed by atoms with van der Waals surface area (Å²) in [6, 6.07) is 9.87. The van der Waals surface area contributed by atoms with E-state index in [2.05, 4.69) is 13.0 Å². The van der Waals surface area contributed by atoms with Gasteiger partial charge >= 0.3 is 0 Å². The van der Waals surface area contributed by atoms with Crippen molar-refractivity contribution in [2.24, 2.45) is 0 Å². The summed E-state index contributed by atoms with van der Waals surface area (Å²) in [5.41, 5.74) is 2.50. The third kappa shape index (κ3) is 2.35. The maximum Gasteiger partial charge on any atom is 0.116 e. The van der Waals surface area contributed by atoms with Crippen LogP contribution in [0, 0.1) is 6.92 Å². The van der Waals surface area contributed by atoms with E-state index in [4.69, 9.17) is 0 Å².